The number of nitrogens with one attached hydrogen (secondary N) is 2. The maximum atomic E-state index is 12.6. The number of rotatable bonds is 5. The fourth-order valence-electron chi connectivity index (χ4n) is 4.57. The van der Waals surface area contributed by atoms with Crippen molar-refractivity contribution in [2.75, 3.05) is 43.4 Å². The van der Waals surface area contributed by atoms with Crippen molar-refractivity contribution in [2.45, 2.75) is 26.9 Å². The minimum absolute atomic E-state index is 0.196. The molecule has 32 heavy (non-hydrogen) atoms. The highest BCUT2D eigenvalue weighted by Gasteiger charge is 2.21. The molecule has 0 radical (unpaired) electrons. The highest BCUT2D eigenvalue weighted by molar-refractivity contribution is 7.18. The van der Waals surface area contributed by atoms with Crippen LogP contribution in [0.5, 0.6) is 0 Å². The van der Waals surface area contributed by atoms with Gasteiger partial charge in [0.25, 0.3) is 5.56 Å². The molecule has 1 aliphatic heterocycles. The third-order valence-corrected chi connectivity index (χ3v) is 7.36. The van der Waals surface area contributed by atoms with Crippen LogP contribution in [0.4, 0.5) is 11.6 Å². The molecule has 0 aliphatic carbocycles. The quantitative estimate of drug-likeness (QED) is 0.481. The molecule has 0 aromatic carbocycles. The summed E-state index contributed by atoms with van der Waals surface area (Å²) in [6.07, 6.45) is 1.88. The van der Waals surface area contributed by atoms with Crippen molar-refractivity contribution in [3.8, 4) is 0 Å². The van der Waals surface area contributed by atoms with Crippen LogP contribution in [0, 0.1) is 6.92 Å². The van der Waals surface area contributed by atoms with Crippen molar-refractivity contribution in [2.24, 2.45) is 0 Å². The maximum absolute atomic E-state index is 12.6. The van der Waals surface area contributed by atoms with E-state index in [2.05, 4.69) is 48.5 Å². The van der Waals surface area contributed by atoms with Crippen molar-refractivity contribution in [3.63, 3.8) is 0 Å². The Balaban J connectivity index is 1.32. The van der Waals surface area contributed by atoms with E-state index in [0.29, 0.717) is 16.8 Å². The summed E-state index contributed by atoms with van der Waals surface area (Å²) in [4.78, 5) is 37.8. The first kappa shape index (κ1) is 20.8. The van der Waals surface area contributed by atoms with Crippen LogP contribution >= 0.6 is 11.3 Å². The Hall–Kier alpha value is -3.11. The molecule has 168 valence electrons. The van der Waals surface area contributed by atoms with Gasteiger partial charge in [-0.1, -0.05) is 0 Å². The van der Waals surface area contributed by atoms with Gasteiger partial charge in [-0.05, 0) is 32.0 Å². The zero-order chi connectivity index (χ0) is 22.4. The minimum Gasteiger partial charge on any atom is -0.368 e. The summed E-state index contributed by atoms with van der Waals surface area (Å²) in [7, 11) is 1.89. The first-order chi connectivity index (χ1) is 15.5. The number of aromatic amines is 1. The molecule has 10 heteroatoms. The van der Waals surface area contributed by atoms with Crippen LogP contribution in [-0.2, 0) is 13.1 Å². The van der Waals surface area contributed by atoms with Gasteiger partial charge in [-0.2, -0.15) is 0 Å². The van der Waals surface area contributed by atoms with E-state index < -0.39 is 0 Å². The molecule has 4 aromatic heterocycles. The largest absolute Gasteiger partial charge is 0.368 e. The lowest BCUT2D eigenvalue weighted by atomic mass is 10.2. The summed E-state index contributed by atoms with van der Waals surface area (Å²) < 4.78 is 4.04. The van der Waals surface area contributed by atoms with E-state index in [1.54, 1.807) is 0 Å². The lowest BCUT2D eigenvalue weighted by molar-refractivity contribution is 0.252. The van der Waals surface area contributed by atoms with Gasteiger partial charge in [0.2, 0.25) is 5.95 Å². The van der Waals surface area contributed by atoms with Gasteiger partial charge in [-0.15, -0.1) is 11.3 Å². The number of nitrogens with zero attached hydrogens (tertiary/aromatic N) is 5. The summed E-state index contributed by atoms with van der Waals surface area (Å²) in [6.45, 7) is 8.83. The Labute approximate surface area is 188 Å². The summed E-state index contributed by atoms with van der Waals surface area (Å²) in [5, 5.41) is 3.16. The summed E-state index contributed by atoms with van der Waals surface area (Å²) in [5.41, 5.74) is 3.60. The zero-order valence-electron chi connectivity index (χ0n) is 18.5. The van der Waals surface area contributed by atoms with E-state index >= 15 is 0 Å². The van der Waals surface area contributed by atoms with Gasteiger partial charge in [0, 0.05) is 56.9 Å². The van der Waals surface area contributed by atoms with Crippen LogP contribution in [0.3, 0.4) is 0 Å². The Bertz CT molecular complexity index is 1410. The number of imidazole rings is 1. The third kappa shape index (κ3) is 3.39. The monoisotopic (exact) mass is 453 g/mol. The molecule has 0 amide bonds. The second kappa shape index (κ2) is 8.10. The lowest BCUT2D eigenvalue weighted by Gasteiger charge is -2.36. The van der Waals surface area contributed by atoms with Crippen LogP contribution < -0.4 is 21.5 Å². The second-order valence-electron chi connectivity index (χ2n) is 8.09. The zero-order valence-corrected chi connectivity index (χ0v) is 19.3. The molecular formula is C22H27N7O2S. The standard InChI is InChI=1S/C22H27N7O2S/c1-4-28-20(30)19-17(25-22(28)31)11-16(32-19)13-26-7-9-27(10-8-26)18-6-5-15-12-24-21(23-3)29(15)14(18)2/h5-6,11-12H,4,7-10,13H2,1-3H3,(H,23,24)(H,25,31). The smallest absolute Gasteiger partial charge is 0.328 e. The van der Waals surface area contributed by atoms with Crippen molar-refractivity contribution in [1.29, 1.82) is 0 Å². The number of pyridine rings is 1. The minimum atomic E-state index is -0.338. The maximum Gasteiger partial charge on any atom is 0.328 e. The molecule has 2 N–H and O–H groups in total. The molecule has 0 unspecified atom stereocenters. The molecule has 1 aliphatic rings. The molecule has 5 rings (SSSR count). The molecule has 4 aromatic rings. The average molecular weight is 454 g/mol. The van der Waals surface area contributed by atoms with Gasteiger partial charge in [0.15, 0.2) is 0 Å². The third-order valence-electron chi connectivity index (χ3n) is 6.25. The van der Waals surface area contributed by atoms with Gasteiger partial charge < -0.3 is 15.2 Å². The average Bonchev–Trinajstić information content (AvgIpc) is 3.39. The van der Waals surface area contributed by atoms with Gasteiger partial charge in [0.05, 0.1) is 22.9 Å². The molecule has 5 heterocycles. The number of aryl methyl sites for hydroxylation is 1. The Morgan fingerprint density at radius 1 is 1.19 bits per heavy atom. The lowest BCUT2D eigenvalue weighted by Crippen LogP contribution is -2.46. The number of hydrogen-bond donors (Lipinski definition) is 2. The highest BCUT2D eigenvalue weighted by atomic mass is 32.1. The molecule has 0 saturated carbocycles. The highest BCUT2D eigenvalue weighted by Crippen LogP contribution is 2.27. The SMILES string of the molecule is CCn1c(=O)[nH]c2cc(CN3CCN(c4ccc5cnc(NC)n5c4C)CC3)sc2c1=O. The van der Waals surface area contributed by atoms with E-state index in [0.717, 1.165) is 49.1 Å². The number of fused-ring (bicyclic) bond motifs is 2. The van der Waals surface area contributed by atoms with Crippen LogP contribution in [0.2, 0.25) is 0 Å². The van der Waals surface area contributed by atoms with Gasteiger partial charge in [-0.25, -0.2) is 9.78 Å². The fraction of sp³-hybridized carbons (Fsp3) is 0.409. The van der Waals surface area contributed by atoms with E-state index in [1.807, 2.05) is 26.2 Å². The summed E-state index contributed by atoms with van der Waals surface area (Å²) >= 11 is 1.49. The van der Waals surface area contributed by atoms with Crippen molar-refractivity contribution in [1.82, 2.24) is 23.8 Å². The van der Waals surface area contributed by atoms with E-state index in [4.69, 9.17) is 0 Å². The topological polar surface area (TPSA) is 90.7 Å². The van der Waals surface area contributed by atoms with Crippen LogP contribution in [0.25, 0.3) is 15.7 Å². The van der Waals surface area contributed by atoms with Gasteiger partial charge in [-0.3, -0.25) is 18.7 Å². The predicted molar refractivity (Wildman–Crippen MR) is 129 cm³/mol. The molecule has 0 bridgehead atoms. The van der Waals surface area contributed by atoms with E-state index in [-0.39, 0.29) is 11.2 Å². The molecule has 1 fully saturated rings. The van der Waals surface area contributed by atoms with E-state index in [1.165, 1.54) is 27.3 Å². The predicted octanol–water partition coefficient (Wildman–Crippen LogP) is 2.09. The number of hydrogen-bond acceptors (Lipinski definition) is 7. The fourth-order valence-corrected chi connectivity index (χ4v) is 5.67. The second-order valence-corrected chi connectivity index (χ2v) is 9.23. The number of H-pyrrole nitrogens is 1. The summed E-state index contributed by atoms with van der Waals surface area (Å²) in [5.74, 6) is 0.850. The molecule has 0 spiro atoms. The first-order valence-corrected chi connectivity index (χ1v) is 11.7. The van der Waals surface area contributed by atoms with Crippen molar-refractivity contribution >= 4 is 38.7 Å². The van der Waals surface area contributed by atoms with Crippen molar-refractivity contribution < 1.29 is 0 Å². The van der Waals surface area contributed by atoms with Gasteiger partial charge in [0.1, 0.15) is 4.70 Å². The van der Waals surface area contributed by atoms with Crippen molar-refractivity contribution in [3.05, 3.63) is 55.8 Å². The molecule has 1 saturated heterocycles. The van der Waals surface area contributed by atoms with Crippen LogP contribution in [0.1, 0.15) is 17.5 Å². The normalized spacial score (nSPS) is 15.2. The number of anilines is 2. The molecule has 9 nitrogen and oxygen atoms in total. The Morgan fingerprint density at radius 2 is 1.97 bits per heavy atom. The number of aromatic nitrogens is 4. The number of piperazine rings is 1. The van der Waals surface area contributed by atoms with Crippen LogP contribution in [-0.4, -0.2) is 57.1 Å². The first-order valence-electron chi connectivity index (χ1n) is 10.9. The number of thiophene rings is 1. The Morgan fingerprint density at radius 3 is 2.69 bits per heavy atom. The Kier molecular flexibility index (Phi) is 5.26. The molecule has 0 atom stereocenters. The molecular weight excluding hydrogens is 426 g/mol. The van der Waals surface area contributed by atoms with Gasteiger partial charge >= 0.3 is 5.69 Å². The van der Waals surface area contributed by atoms with E-state index in [9.17, 15) is 9.59 Å². The summed E-state index contributed by atoms with van der Waals surface area (Å²) in [6, 6.07) is 6.25. The van der Waals surface area contributed by atoms with Crippen LogP contribution in [0.15, 0.2) is 34.0 Å².